The Kier molecular flexibility index (Phi) is 3.74. The van der Waals surface area contributed by atoms with E-state index in [0.29, 0.717) is 10.7 Å². The first-order chi connectivity index (χ1) is 9.74. The molecule has 0 bridgehead atoms. The van der Waals surface area contributed by atoms with E-state index < -0.39 is 0 Å². The molecule has 1 aliphatic heterocycles. The van der Waals surface area contributed by atoms with E-state index in [0.717, 1.165) is 6.42 Å². The monoisotopic (exact) mass is 287 g/mol. The number of nitrogens with two attached hydrogens (primary N) is 1. The summed E-state index contributed by atoms with van der Waals surface area (Å²) in [6.45, 7) is 0. The smallest absolute Gasteiger partial charge is 0.282 e. The zero-order chi connectivity index (χ0) is 13.9. The van der Waals surface area contributed by atoms with Crippen molar-refractivity contribution in [3.05, 3.63) is 71.5 Å². The summed E-state index contributed by atoms with van der Waals surface area (Å²) >= 11 is 1.60. The van der Waals surface area contributed by atoms with Gasteiger partial charge in [0, 0.05) is 17.2 Å². The Bertz CT molecular complexity index is 627. The molecule has 2 nitrogen and oxygen atoms in total. The topological polar surface area (TPSA) is 40.0 Å². The third-order valence-corrected chi connectivity index (χ3v) is 4.61. The minimum Gasteiger partial charge on any atom is -0.282 e. The van der Waals surface area contributed by atoms with E-state index in [2.05, 4.69) is 17.1 Å². The molecule has 102 valence electrons. The molecule has 3 rings (SSSR count). The molecule has 0 fully saturated rings. The van der Waals surface area contributed by atoms with Gasteiger partial charge in [-0.15, -0.1) is 0 Å². The van der Waals surface area contributed by atoms with E-state index in [1.807, 2.05) is 30.3 Å². The summed E-state index contributed by atoms with van der Waals surface area (Å²) in [5.74, 6) is -0.184. The van der Waals surface area contributed by atoms with Gasteiger partial charge < -0.3 is 0 Å². The van der Waals surface area contributed by atoms with Gasteiger partial charge in [-0.1, -0.05) is 48.5 Å². The molecule has 3 N–H and O–H groups in total. The van der Waals surface area contributed by atoms with Crippen molar-refractivity contribution < 1.29 is 9.38 Å². The lowest BCUT2D eigenvalue weighted by atomic mass is 9.98. The predicted octanol–water partition coefficient (Wildman–Crippen LogP) is 2.14. The van der Waals surface area contributed by atoms with E-state index in [4.69, 9.17) is 5.73 Å². The highest BCUT2D eigenvalue weighted by atomic mass is 32.2. The first-order valence-electron chi connectivity index (χ1n) is 6.59. The van der Waals surface area contributed by atoms with Gasteiger partial charge in [-0.2, -0.15) is 0 Å². The lowest BCUT2D eigenvalue weighted by Gasteiger charge is -2.23. The highest BCUT2D eigenvalue weighted by molar-refractivity contribution is 8.13. The van der Waals surface area contributed by atoms with Gasteiger partial charge in [0.25, 0.3) is 0 Å². The average molecular weight is 287 g/mol. The number of nitrogens with one attached hydrogen (secondary N) is 1. The third-order valence-electron chi connectivity index (χ3n) is 3.49. The van der Waals surface area contributed by atoms with Gasteiger partial charge in [0.2, 0.25) is 0 Å². The van der Waals surface area contributed by atoms with Gasteiger partial charge in [-0.05, 0) is 23.4 Å². The molecule has 0 unspecified atom stereocenters. The standard InChI is InChI=1S/C16H15FN2S/c17-13-9-5-4-8-12(13)14-10-15(20-16(18)19-14)11-6-2-1-3-7-11/h1-9,14-15H,10H2,(H2,18,19)/p+1/t14-,15+/m0/s1. The summed E-state index contributed by atoms with van der Waals surface area (Å²) in [6, 6.07) is 17.0. The Morgan fingerprint density at radius 1 is 1.05 bits per heavy atom. The number of hydrogen-bond acceptors (Lipinski definition) is 2. The second-order valence-corrected chi connectivity index (χ2v) is 6.08. The van der Waals surface area contributed by atoms with Crippen LogP contribution in [0, 0.1) is 5.82 Å². The molecule has 1 heterocycles. The maximum absolute atomic E-state index is 13.9. The first kappa shape index (κ1) is 13.2. The van der Waals surface area contributed by atoms with Crippen molar-refractivity contribution in [1.82, 2.24) is 0 Å². The molecule has 0 amide bonds. The van der Waals surface area contributed by atoms with Gasteiger partial charge in [0.05, 0.1) is 0 Å². The predicted molar refractivity (Wildman–Crippen MR) is 80.7 cm³/mol. The summed E-state index contributed by atoms with van der Waals surface area (Å²) in [5, 5.41) is 0.903. The normalized spacial score (nSPS) is 22.4. The van der Waals surface area contributed by atoms with Crippen molar-refractivity contribution in [3.8, 4) is 0 Å². The lowest BCUT2D eigenvalue weighted by Crippen LogP contribution is -2.77. The molecule has 0 spiro atoms. The largest absolute Gasteiger partial charge is 0.303 e. The van der Waals surface area contributed by atoms with Crippen LogP contribution < -0.4 is 10.7 Å². The molecule has 2 aromatic rings. The van der Waals surface area contributed by atoms with Crippen LogP contribution in [0.5, 0.6) is 0 Å². The SMILES string of the molecule is NC1=[NH+][C@H](c2ccccc2F)C[C@H](c2ccccc2)S1. The molecule has 0 saturated heterocycles. The van der Waals surface area contributed by atoms with Gasteiger partial charge >= 0.3 is 5.17 Å². The quantitative estimate of drug-likeness (QED) is 0.888. The van der Waals surface area contributed by atoms with Crippen LogP contribution in [0.3, 0.4) is 0 Å². The molecule has 0 saturated carbocycles. The fraction of sp³-hybridized carbons (Fsp3) is 0.188. The van der Waals surface area contributed by atoms with Crippen LogP contribution in [0.15, 0.2) is 54.6 Å². The van der Waals surface area contributed by atoms with Gasteiger partial charge in [-0.25, -0.2) is 4.39 Å². The molecule has 4 heteroatoms. The Balaban J connectivity index is 1.91. The molecule has 0 aromatic heterocycles. The number of rotatable bonds is 2. The summed E-state index contributed by atoms with van der Waals surface area (Å²) in [6.07, 6.45) is 0.816. The van der Waals surface area contributed by atoms with E-state index in [-0.39, 0.29) is 17.1 Å². The second kappa shape index (κ2) is 5.67. The summed E-state index contributed by atoms with van der Waals surface area (Å²) < 4.78 is 13.9. The van der Waals surface area contributed by atoms with Crippen LogP contribution >= 0.6 is 11.8 Å². The second-order valence-electron chi connectivity index (χ2n) is 4.84. The highest BCUT2D eigenvalue weighted by Gasteiger charge is 2.30. The maximum Gasteiger partial charge on any atom is 0.303 e. The van der Waals surface area contributed by atoms with Crippen LogP contribution in [0.2, 0.25) is 0 Å². The number of thioether (sulfide) groups is 1. The zero-order valence-electron chi connectivity index (χ0n) is 10.9. The Morgan fingerprint density at radius 2 is 1.75 bits per heavy atom. The molecule has 0 aliphatic carbocycles. The number of halogens is 1. The van der Waals surface area contributed by atoms with Crippen molar-refractivity contribution in [1.29, 1.82) is 0 Å². The van der Waals surface area contributed by atoms with E-state index in [9.17, 15) is 4.39 Å². The molecular weight excluding hydrogens is 271 g/mol. The van der Waals surface area contributed by atoms with Crippen LogP contribution in [0.4, 0.5) is 4.39 Å². The molecular formula is C16H16FN2S+. The van der Waals surface area contributed by atoms with Crippen molar-refractivity contribution >= 4 is 16.9 Å². The van der Waals surface area contributed by atoms with Gasteiger partial charge in [-0.3, -0.25) is 10.7 Å². The number of benzene rings is 2. The van der Waals surface area contributed by atoms with Crippen molar-refractivity contribution in [2.75, 3.05) is 0 Å². The van der Waals surface area contributed by atoms with E-state index in [1.165, 1.54) is 11.6 Å². The van der Waals surface area contributed by atoms with Gasteiger partial charge in [0.15, 0.2) is 0 Å². The molecule has 2 aromatic carbocycles. The highest BCUT2D eigenvalue weighted by Crippen LogP contribution is 2.37. The average Bonchev–Trinajstić information content (AvgIpc) is 2.48. The molecule has 1 aliphatic rings. The lowest BCUT2D eigenvalue weighted by molar-refractivity contribution is -0.511. The number of amidine groups is 1. The third kappa shape index (κ3) is 2.70. The van der Waals surface area contributed by atoms with Crippen LogP contribution in [0.1, 0.15) is 28.8 Å². The van der Waals surface area contributed by atoms with Crippen molar-refractivity contribution in [2.24, 2.45) is 5.73 Å². The van der Waals surface area contributed by atoms with Crippen LogP contribution in [-0.2, 0) is 0 Å². The summed E-state index contributed by atoms with van der Waals surface area (Å²) in [5.41, 5.74) is 7.89. The summed E-state index contributed by atoms with van der Waals surface area (Å²) in [7, 11) is 0. The Morgan fingerprint density at radius 3 is 2.50 bits per heavy atom. The Hall–Kier alpha value is -1.81. The van der Waals surface area contributed by atoms with E-state index >= 15 is 0 Å². The zero-order valence-corrected chi connectivity index (χ0v) is 11.7. The summed E-state index contributed by atoms with van der Waals surface area (Å²) in [4.78, 5) is 3.19. The molecule has 20 heavy (non-hydrogen) atoms. The van der Waals surface area contributed by atoms with Crippen molar-refractivity contribution in [3.63, 3.8) is 0 Å². The maximum atomic E-state index is 13.9. The fourth-order valence-corrected chi connectivity index (χ4v) is 3.61. The first-order valence-corrected chi connectivity index (χ1v) is 7.47. The Labute approximate surface area is 121 Å². The number of hydrogen-bond donors (Lipinski definition) is 2. The van der Waals surface area contributed by atoms with Crippen molar-refractivity contribution in [2.45, 2.75) is 17.7 Å². The minimum absolute atomic E-state index is 0.0809. The van der Waals surface area contributed by atoms with Gasteiger partial charge in [0.1, 0.15) is 11.9 Å². The van der Waals surface area contributed by atoms with Crippen LogP contribution in [0.25, 0.3) is 0 Å². The molecule has 2 atom stereocenters. The fourth-order valence-electron chi connectivity index (χ4n) is 2.51. The molecule has 0 radical (unpaired) electrons. The van der Waals surface area contributed by atoms with Crippen LogP contribution in [-0.4, -0.2) is 5.17 Å². The minimum atomic E-state index is -0.184. The van der Waals surface area contributed by atoms with E-state index in [1.54, 1.807) is 17.8 Å².